The molecule has 190 valence electrons. The first-order chi connectivity index (χ1) is 17.0. The molecule has 5 N–H and O–H groups in total. The number of nitrogens with two attached hydrogens (primary N) is 1. The Balaban J connectivity index is 1.64. The predicted octanol–water partition coefficient (Wildman–Crippen LogP) is 2.14. The molecule has 0 amide bonds. The molecule has 1 aromatic carbocycles. The minimum Gasteiger partial charge on any atom is -0.496 e. The highest BCUT2D eigenvalue weighted by Crippen LogP contribution is 2.29. The number of anilines is 2. The topological polar surface area (TPSA) is 126 Å². The number of benzene rings is 1. The van der Waals surface area contributed by atoms with Gasteiger partial charge in [0.2, 0.25) is 5.95 Å². The third-order valence-electron chi connectivity index (χ3n) is 6.52. The Kier molecular flexibility index (Phi) is 8.37. The summed E-state index contributed by atoms with van der Waals surface area (Å²) in [5.41, 5.74) is 10.6. The minimum atomic E-state index is 0.0879. The Labute approximate surface area is 206 Å². The van der Waals surface area contributed by atoms with Gasteiger partial charge in [0.05, 0.1) is 19.3 Å². The van der Waals surface area contributed by atoms with Crippen molar-refractivity contribution in [2.45, 2.75) is 52.2 Å². The van der Waals surface area contributed by atoms with Gasteiger partial charge in [-0.2, -0.15) is 10.1 Å². The second-order valence-corrected chi connectivity index (χ2v) is 9.19. The summed E-state index contributed by atoms with van der Waals surface area (Å²) in [6, 6.07) is 6.51. The molecule has 10 nitrogen and oxygen atoms in total. The van der Waals surface area contributed by atoms with Gasteiger partial charge in [0.25, 0.3) is 0 Å². The summed E-state index contributed by atoms with van der Waals surface area (Å²) in [6.07, 6.45) is 2.55. The number of aliphatic hydroxyl groups is 1. The highest BCUT2D eigenvalue weighted by molar-refractivity contribution is 5.88. The number of aromatic nitrogens is 4. The van der Waals surface area contributed by atoms with Gasteiger partial charge in [0.1, 0.15) is 16.8 Å². The van der Waals surface area contributed by atoms with E-state index in [-0.39, 0.29) is 18.6 Å². The third kappa shape index (κ3) is 6.01. The molecular weight excluding hydrogens is 444 g/mol. The second-order valence-electron chi connectivity index (χ2n) is 9.19. The summed E-state index contributed by atoms with van der Waals surface area (Å²) in [4.78, 5) is 11.4. The van der Waals surface area contributed by atoms with E-state index >= 15 is 0 Å². The Morgan fingerprint density at radius 3 is 2.71 bits per heavy atom. The molecule has 0 saturated carbocycles. The van der Waals surface area contributed by atoms with Crippen molar-refractivity contribution in [3.8, 4) is 5.75 Å². The maximum atomic E-state index is 9.51. The molecule has 0 bridgehead atoms. The lowest BCUT2D eigenvalue weighted by atomic mass is 10.1. The van der Waals surface area contributed by atoms with Crippen LogP contribution in [0.4, 0.5) is 11.8 Å². The fraction of sp³-hybridized carbons (Fsp3) is 0.560. The van der Waals surface area contributed by atoms with Crippen molar-refractivity contribution in [1.82, 2.24) is 30.0 Å². The molecule has 0 radical (unpaired) electrons. The molecule has 1 atom stereocenters. The van der Waals surface area contributed by atoms with Crippen LogP contribution in [-0.4, -0.2) is 75.7 Å². The first kappa shape index (κ1) is 25.2. The van der Waals surface area contributed by atoms with Crippen molar-refractivity contribution in [3.63, 3.8) is 0 Å². The van der Waals surface area contributed by atoms with Crippen molar-refractivity contribution < 1.29 is 9.84 Å². The van der Waals surface area contributed by atoms with Gasteiger partial charge in [0, 0.05) is 50.9 Å². The lowest BCUT2D eigenvalue weighted by molar-refractivity contribution is 0.233. The number of aryl methyl sites for hydroxylation is 1. The van der Waals surface area contributed by atoms with Gasteiger partial charge in [-0.15, -0.1) is 0 Å². The Morgan fingerprint density at radius 1 is 1.20 bits per heavy atom. The standard InChI is InChI=1S/C25H38N8O2/c1-4-5-20(8-13-34)28-24-23-22(29-25(26)30-24)17(2)31-33(23)16-19-7-6-18(14-21(19)35-3)15-32-11-9-27-10-12-32/h6-7,14,20,27,34H,4-5,8-13,15-16H2,1-3H3,(H3,26,28,29,30)/t20-/m0/s1. The molecule has 1 fully saturated rings. The largest absolute Gasteiger partial charge is 0.496 e. The van der Waals surface area contributed by atoms with Gasteiger partial charge in [-0.3, -0.25) is 9.58 Å². The van der Waals surface area contributed by atoms with Crippen LogP contribution >= 0.6 is 0 Å². The maximum Gasteiger partial charge on any atom is 0.222 e. The highest BCUT2D eigenvalue weighted by atomic mass is 16.5. The quantitative estimate of drug-likeness (QED) is 0.325. The first-order valence-corrected chi connectivity index (χ1v) is 12.5. The van der Waals surface area contributed by atoms with Crippen LogP contribution in [0.5, 0.6) is 5.75 Å². The van der Waals surface area contributed by atoms with Crippen molar-refractivity contribution in [2.24, 2.45) is 0 Å². The number of hydrogen-bond donors (Lipinski definition) is 4. The van der Waals surface area contributed by atoms with Crippen molar-refractivity contribution in [2.75, 3.05) is 50.9 Å². The molecule has 35 heavy (non-hydrogen) atoms. The smallest absolute Gasteiger partial charge is 0.222 e. The average Bonchev–Trinajstić information content (AvgIpc) is 3.16. The van der Waals surface area contributed by atoms with E-state index in [9.17, 15) is 5.11 Å². The molecule has 4 rings (SSSR count). The number of nitrogens with zero attached hydrogens (tertiary/aromatic N) is 5. The Bertz CT molecular complexity index is 1120. The number of ether oxygens (including phenoxy) is 1. The van der Waals surface area contributed by atoms with Crippen LogP contribution in [0.1, 0.15) is 43.0 Å². The predicted molar refractivity (Wildman–Crippen MR) is 139 cm³/mol. The van der Waals surface area contributed by atoms with Crippen molar-refractivity contribution in [3.05, 3.63) is 35.0 Å². The molecular formula is C25H38N8O2. The van der Waals surface area contributed by atoms with Gasteiger partial charge in [-0.1, -0.05) is 25.5 Å². The van der Waals surface area contributed by atoms with Gasteiger partial charge in [-0.25, -0.2) is 4.98 Å². The van der Waals surface area contributed by atoms with E-state index in [1.54, 1.807) is 7.11 Å². The van der Waals surface area contributed by atoms with Crippen LogP contribution in [0.3, 0.4) is 0 Å². The fourth-order valence-corrected chi connectivity index (χ4v) is 4.76. The van der Waals surface area contributed by atoms with Crippen LogP contribution in [0.2, 0.25) is 0 Å². The van der Waals surface area contributed by atoms with Crippen LogP contribution in [-0.2, 0) is 13.1 Å². The summed E-state index contributed by atoms with van der Waals surface area (Å²) >= 11 is 0. The number of aliphatic hydroxyl groups excluding tert-OH is 1. The van der Waals surface area contributed by atoms with Crippen LogP contribution in [0.15, 0.2) is 18.2 Å². The molecule has 1 saturated heterocycles. The van der Waals surface area contributed by atoms with Crippen molar-refractivity contribution in [1.29, 1.82) is 0 Å². The molecule has 3 aromatic rings. The van der Waals surface area contributed by atoms with Gasteiger partial charge in [0.15, 0.2) is 5.82 Å². The number of methoxy groups -OCH3 is 1. The summed E-state index contributed by atoms with van der Waals surface area (Å²) in [6.45, 7) is 9.75. The van der Waals surface area contributed by atoms with E-state index in [0.717, 1.165) is 73.6 Å². The number of fused-ring (bicyclic) bond motifs is 1. The lowest BCUT2D eigenvalue weighted by Crippen LogP contribution is -2.42. The molecule has 0 unspecified atom stereocenters. The van der Waals surface area contributed by atoms with E-state index < -0.39 is 0 Å². The number of nitrogens with one attached hydrogen (secondary N) is 2. The molecule has 2 aromatic heterocycles. The lowest BCUT2D eigenvalue weighted by Gasteiger charge is -2.27. The fourth-order valence-electron chi connectivity index (χ4n) is 4.76. The zero-order valence-electron chi connectivity index (χ0n) is 21.0. The maximum absolute atomic E-state index is 9.51. The average molecular weight is 483 g/mol. The third-order valence-corrected chi connectivity index (χ3v) is 6.52. The van der Waals surface area contributed by atoms with Crippen LogP contribution in [0.25, 0.3) is 11.0 Å². The van der Waals surface area contributed by atoms with Gasteiger partial charge in [-0.05, 0) is 31.4 Å². The van der Waals surface area contributed by atoms with Gasteiger partial charge >= 0.3 is 0 Å². The molecule has 10 heteroatoms. The van der Waals surface area contributed by atoms with Crippen molar-refractivity contribution >= 4 is 22.8 Å². The van der Waals surface area contributed by atoms with Gasteiger partial charge < -0.3 is 26.2 Å². The monoisotopic (exact) mass is 482 g/mol. The molecule has 3 heterocycles. The summed E-state index contributed by atoms with van der Waals surface area (Å²) in [7, 11) is 1.71. The zero-order valence-corrected chi connectivity index (χ0v) is 21.0. The van der Waals surface area contributed by atoms with E-state index in [0.29, 0.717) is 18.8 Å². The molecule has 1 aliphatic rings. The van der Waals surface area contributed by atoms with Crippen LogP contribution < -0.4 is 21.1 Å². The van der Waals surface area contributed by atoms with E-state index in [4.69, 9.17) is 15.6 Å². The van der Waals surface area contributed by atoms with Crippen LogP contribution in [0, 0.1) is 6.92 Å². The number of rotatable bonds is 11. The van der Waals surface area contributed by atoms with E-state index in [1.165, 1.54) is 5.56 Å². The number of piperazine rings is 1. The SMILES string of the molecule is CCC[C@@H](CCO)Nc1nc(N)nc2c(C)nn(Cc3ccc(CN4CCNCC4)cc3OC)c12. The van der Waals surface area contributed by atoms with E-state index in [1.807, 2.05) is 11.6 Å². The number of nitrogen functional groups attached to an aromatic ring is 1. The molecule has 0 aliphatic carbocycles. The molecule has 1 aliphatic heterocycles. The highest BCUT2D eigenvalue weighted by Gasteiger charge is 2.20. The summed E-state index contributed by atoms with van der Waals surface area (Å²) in [5.74, 6) is 1.69. The van der Waals surface area contributed by atoms with E-state index in [2.05, 4.69) is 50.6 Å². The normalized spacial score (nSPS) is 15.4. The minimum absolute atomic E-state index is 0.0879. The number of hydrogen-bond acceptors (Lipinski definition) is 9. The summed E-state index contributed by atoms with van der Waals surface area (Å²) < 4.78 is 7.70. The Hall–Kier alpha value is -2.95. The molecule has 0 spiro atoms. The zero-order chi connectivity index (χ0) is 24.8. The summed E-state index contributed by atoms with van der Waals surface area (Å²) in [5, 5.41) is 21.2. The second kappa shape index (κ2) is 11.7. The Morgan fingerprint density at radius 2 is 2.00 bits per heavy atom. The first-order valence-electron chi connectivity index (χ1n) is 12.5.